The van der Waals surface area contributed by atoms with E-state index in [0.29, 0.717) is 5.92 Å². The standard InChI is InChI=1S/C12H16NO2/c1-14-11-2-4-12(5-3-11)15-9-10-6-7-13-8-10/h2-5,10H,6-9H2,1H3. The Kier molecular flexibility index (Phi) is 3.45. The molecule has 15 heavy (non-hydrogen) atoms. The maximum Gasteiger partial charge on any atom is 0.119 e. The summed E-state index contributed by atoms with van der Waals surface area (Å²) in [7, 11) is 1.66. The quantitative estimate of drug-likeness (QED) is 0.751. The summed E-state index contributed by atoms with van der Waals surface area (Å²) in [5, 5.41) is 4.30. The molecule has 1 aliphatic heterocycles. The molecule has 2 rings (SSSR count). The van der Waals surface area contributed by atoms with E-state index in [-0.39, 0.29) is 0 Å². The van der Waals surface area contributed by atoms with E-state index >= 15 is 0 Å². The Morgan fingerprint density at radius 2 is 2.00 bits per heavy atom. The fourth-order valence-electron chi connectivity index (χ4n) is 1.66. The summed E-state index contributed by atoms with van der Waals surface area (Å²) in [6.07, 6.45) is 1.16. The van der Waals surface area contributed by atoms with E-state index in [4.69, 9.17) is 9.47 Å². The summed E-state index contributed by atoms with van der Waals surface area (Å²) in [6.45, 7) is 2.72. The van der Waals surface area contributed by atoms with Crippen LogP contribution in [-0.4, -0.2) is 26.8 Å². The Morgan fingerprint density at radius 3 is 2.60 bits per heavy atom. The van der Waals surface area contributed by atoms with Crippen molar-refractivity contribution in [3.8, 4) is 11.5 Å². The molecule has 1 heterocycles. The lowest BCUT2D eigenvalue weighted by Crippen LogP contribution is -2.12. The monoisotopic (exact) mass is 206 g/mol. The number of nitrogens with zero attached hydrogens (tertiary/aromatic N) is 1. The van der Waals surface area contributed by atoms with Gasteiger partial charge in [-0.05, 0) is 30.7 Å². The highest BCUT2D eigenvalue weighted by atomic mass is 16.5. The molecule has 0 bridgehead atoms. The van der Waals surface area contributed by atoms with Crippen molar-refractivity contribution in [2.24, 2.45) is 5.92 Å². The van der Waals surface area contributed by atoms with Gasteiger partial charge in [-0.3, -0.25) is 0 Å². The summed E-state index contributed by atoms with van der Waals surface area (Å²) < 4.78 is 10.8. The molecule has 1 saturated heterocycles. The molecule has 1 unspecified atom stereocenters. The van der Waals surface area contributed by atoms with Crippen molar-refractivity contribution >= 4 is 0 Å². The average Bonchev–Trinajstić information content (AvgIpc) is 2.80. The zero-order valence-electron chi connectivity index (χ0n) is 8.98. The number of benzene rings is 1. The lowest BCUT2D eigenvalue weighted by molar-refractivity contribution is 0.259. The van der Waals surface area contributed by atoms with Gasteiger partial charge < -0.3 is 9.47 Å². The Hall–Kier alpha value is -1.22. The van der Waals surface area contributed by atoms with E-state index in [2.05, 4.69) is 5.32 Å². The molecule has 3 nitrogen and oxygen atoms in total. The molecule has 1 aliphatic rings. The fraction of sp³-hybridized carbons (Fsp3) is 0.500. The van der Waals surface area contributed by atoms with Crippen LogP contribution in [0.4, 0.5) is 0 Å². The number of hydrogen-bond acceptors (Lipinski definition) is 2. The first-order valence-electron chi connectivity index (χ1n) is 5.28. The zero-order valence-corrected chi connectivity index (χ0v) is 8.98. The third-order valence-electron chi connectivity index (χ3n) is 2.63. The Balaban J connectivity index is 1.82. The number of methoxy groups -OCH3 is 1. The summed E-state index contributed by atoms with van der Waals surface area (Å²) in [5.74, 6) is 2.37. The van der Waals surface area contributed by atoms with Crippen molar-refractivity contribution in [3.63, 3.8) is 0 Å². The van der Waals surface area contributed by atoms with Crippen LogP contribution in [0, 0.1) is 5.92 Å². The summed E-state index contributed by atoms with van der Waals surface area (Å²) in [4.78, 5) is 0. The molecule has 1 fully saturated rings. The fourth-order valence-corrected chi connectivity index (χ4v) is 1.66. The first kappa shape index (κ1) is 10.3. The maximum atomic E-state index is 5.67. The molecule has 0 N–H and O–H groups in total. The van der Waals surface area contributed by atoms with Gasteiger partial charge in [0.1, 0.15) is 11.5 Å². The molecule has 0 amide bonds. The molecule has 81 valence electrons. The van der Waals surface area contributed by atoms with E-state index in [1.165, 1.54) is 0 Å². The molecule has 1 atom stereocenters. The Labute approximate surface area is 90.4 Å². The predicted molar refractivity (Wildman–Crippen MR) is 58.5 cm³/mol. The van der Waals surface area contributed by atoms with E-state index in [1.54, 1.807) is 7.11 Å². The van der Waals surface area contributed by atoms with Gasteiger partial charge in [0.2, 0.25) is 0 Å². The van der Waals surface area contributed by atoms with Crippen molar-refractivity contribution < 1.29 is 9.47 Å². The molecular weight excluding hydrogens is 190 g/mol. The predicted octanol–water partition coefficient (Wildman–Crippen LogP) is 1.70. The first-order valence-corrected chi connectivity index (χ1v) is 5.28. The zero-order chi connectivity index (χ0) is 10.5. The van der Waals surface area contributed by atoms with Gasteiger partial charge in [0.25, 0.3) is 0 Å². The van der Waals surface area contributed by atoms with Crippen LogP contribution in [0.25, 0.3) is 0 Å². The molecule has 0 aromatic heterocycles. The van der Waals surface area contributed by atoms with E-state index in [0.717, 1.165) is 37.6 Å². The highest BCUT2D eigenvalue weighted by Gasteiger charge is 2.15. The van der Waals surface area contributed by atoms with Crippen molar-refractivity contribution in [2.45, 2.75) is 6.42 Å². The van der Waals surface area contributed by atoms with Crippen LogP contribution >= 0.6 is 0 Å². The van der Waals surface area contributed by atoms with Crippen molar-refractivity contribution in [2.75, 3.05) is 26.8 Å². The van der Waals surface area contributed by atoms with Crippen LogP contribution in [0.2, 0.25) is 0 Å². The van der Waals surface area contributed by atoms with Gasteiger partial charge in [-0.25, -0.2) is 5.32 Å². The smallest absolute Gasteiger partial charge is 0.119 e. The molecule has 1 aromatic rings. The van der Waals surface area contributed by atoms with Crippen LogP contribution in [0.3, 0.4) is 0 Å². The third kappa shape index (κ3) is 2.86. The second-order valence-corrected chi connectivity index (χ2v) is 3.77. The normalized spacial score (nSPS) is 20.2. The summed E-state index contributed by atoms with van der Waals surface area (Å²) in [6, 6.07) is 7.69. The Morgan fingerprint density at radius 1 is 1.27 bits per heavy atom. The lowest BCUT2D eigenvalue weighted by atomic mass is 10.1. The van der Waals surface area contributed by atoms with Crippen LogP contribution in [0.5, 0.6) is 11.5 Å². The molecule has 0 saturated carbocycles. The van der Waals surface area contributed by atoms with Gasteiger partial charge >= 0.3 is 0 Å². The first-order chi connectivity index (χ1) is 7.38. The van der Waals surface area contributed by atoms with Gasteiger partial charge in [0.15, 0.2) is 0 Å². The van der Waals surface area contributed by atoms with Crippen LogP contribution in [-0.2, 0) is 0 Å². The van der Waals surface area contributed by atoms with Gasteiger partial charge in [-0.1, -0.05) is 0 Å². The SMILES string of the molecule is COc1ccc(OCC2CC[N]C2)cc1. The molecule has 1 aromatic carbocycles. The summed E-state index contributed by atoms with van der Waals surface area (Å²) >= 11 is 0. The number of hydrogen-bond donors (Lipinski definition) is 0. The minimum atomic E-state index is 0.604. The largest absolute Gasteiger partial charge is 0.497 e. The second kappa shape index (κ2) is 5.03. The minimum absolute atomic E-state index is 0.604. The van der Waals surface area contributed by atoms with Crippen molar-refractivity contribution in [3.05, 3.63) is 24.3 Å². The van der Waals surface area contributed by atoms with E-state index in [9.17, 15) is 0 Å². The topological polar surface area (TPSA) is 32.6 Å². The lowest BCUT2D eigenvalue weighted by Gasteiger charge is -2.10. The molecule has 0 spiro atoms. The van der Waals surface area contributed by atoms with Gasteiger partial charge in [0, 0.05) is 19.0 Å². The summed E-state index contributed by atoms with van der Waals surface area (Å²) in [5.41, 5.74) is 0. The van der Waals surface area contributed by atoms with Crippen LogP contribution < -0.4 is 14.8 Å². The molecule has 0 aliphatic carbocycles. The average molecular weight is 206 g/mol. The van der Waals surface area contributed by atoms with Gasteiger partial charge in [0.05, 0.1) is 13.7 Å². The number of ether oxygens (including phenoxy) is 2. The number of rotatable bonds is 4. The van der Waals surface area contributed by atoms with Crippen molar-refractivity contribution in [1.29, 1.82) is 0 Å². The minimum Gasteiger partial charge on any atom is -0.497 e. The van der Waals surface area contributed by atoms with Gasteiger partial charge in [-0.15, -0.1) is 0 Å². The maximum absolute atomic E-state index is 5.67. The van der Waals surface area contributed by atoms with E-state index in [1.807, 2.05) is 24.3 Å². The highest BCUT2D eigenvalue weighted by Crippen LogP contribution is 2.18. The van der Waals surface area contributed by atoms with Gasteiger partial charge in [-0.2, -0.15) is 0 Å². The molecule has 3 heteroatoms. The van der Waals surface area contributed by atoms with Crippen LogP contribution in [0.15, 0.2) is 24.3 Å². The van der Waals surface area contributed by atoms with Crippen LogP contribution in [0.1, 0.15) is 6.42 Å². The van der Waals surface area contributed by atoms with E-state index < -0.39 is 0 Å². The Bertz CT molecular complexity index is 291. The second-order valence-electron chi connectivity index (χ2n) is 3.77. The molecular formula is C12H16NO2. The highest BCUT2D eigenvalue weighted by molar-refractivity contribution is 5.31. The third-order valence-corrected chi connectivity index (χ3v) is 2.63. The molecule has 1 radical (unpaired) electrons. The van der Waals surface area contributed by atoms with Crippen molar-refractivity contribution in [1.82, 2.24) is 5.32 Å².